The molecule has 29 heavy (non-hydrogen) atoms. The van der Waals surface area contributed by atoms with Crippen molar-refractivity contribution in [1.29, 1.82) is 0 Å². The topological polar surface area (TPSA) is 42.0 Å². The van der Waals surface area contributed by atoms with E-state index in [0.717, 1.165) is 9.79 Å². The molecule has 1 aromatic heterocycles. The number of thiol groups is 1. The Balaban J connectivity index is 0.000000221. The predicted octanol–water partition coefficient (Wildman–Crippen LogP) is 7.19. The van der Waals surface area contributed by atoms with Gasteiger partial charge in [0.05, 0.1) is 25.7 Å². The lowest BCUT2D eigenvalue weighted by atomic mass is 10.3. The first-order valence-corrected chi connectivity index (χ1v) is 11.2. The fraction of sp³-hybridized carbons (Fsp3) is 0.100. The average molecular weight is 506 g/mol. The Hall–Kier alpha value is -1.08. The lowest BCUT2D eigenvalue weighted by Crippen LogP contribution is -2.25. The molecule has 152 valence electrons. The van der Waals surface area contributed by atoms with Gasteiger partial charge in [-0.25, -0.2) is 0 Å². The van der Waals surface area contributed by atoms with E-state index in [-0.39, 0.29) is 5.91 Å². The molecular weight excluding hydrogens is 490 g/mol. The summed E-state index contributed by atoms with van der Waals surface area (Å²) in [7, 11) is 0. The molecule has 2 aromatic carbocycles. The van der Waals surface area contributed by atoms with Crippen LogP contribution in [-0.2, 0) is 0 Å². The molecule has 1 N–H and O–H groups in total. The molecule has 0 fully saturated rings. The van der Waals surface area contributed by atoms with Crippen LogP contribution in [0, 0.1) is 0 Å². The van der Waals surface area contributed by atoms with Gasteiger partial charge in [0.1, 0.15) is 0 Å². The van der Waals surface area contributed by atoms with Gasteiger partial charge in [0.2, 0.25) is 0 Å². The van der Waals surface area contributed by atoms with E-state index in [1.807, 2.05) is 0 Å². The molecule has 0 spiro atoms. The summed E-state index contributed by atoms with van der Waals surface area (Å²) in [6.07, 6.45) is 3.17. The number of carbonyl (C=O) groups excluding carboxylic acids is 1. The van der Waals surface area contributed by atoms with Crippen molar-refractivity contribution in [2.75, 3.05) is 12.3 Å². The number of rotatable bonds is 5. The van der Waals surface area contributed by atoms with Crippen LogP contribution in [0.25, 0.3) is 0 Å². The number of nitrogens with one attached hydrogen (secondary N) is 1. The van der Waals surface area contributed by atoms with Crippen molar-refractivity contribution in [2.24, 2.45) is 0 Å². The maximum absolute atomic E-state index is 11.2. The molecule has 0 aliphatic heterocycles. The Morgan fingerprint density at radius 3 is 1.83 bits per heavy atom. The van der Waals surface area contributed by atoms with Crippen LogP contribution in [-0.4, -0.2) is 23.2 Å². The highest BCUT2D eigenvalue weighted by molar-refractivity contribution is 7.99. The molecule has 0 saturated heterocycles. The van der Waals surface area contributed by atoms with Crippen LogP contribution >= 0.6 is 70.8 Å². The number of halogens is 4. The third-order valence-electron chi connectivity index (χ3n) is 3.36. The van der Waals surface area contributed by atoms with Crippen molar-refractivity contribution >= 4 is 76.7 Å². The lowest BCUT2D eigenvalue weighted by Gasteiger charge is -2.09. The minimum Gasteiger partial charge on any atom is -0.351 e. The summed E-state index contributed by atoms with van der Waals surface area (Å²) in [5.74, 6) is 0.545. The van der Waals surface area contributed by atoms with Gasteiger partial charge in [-0.2, -0.15) is 12.6 Å². The zero-order chi connectivity index (χ0) is 21.2. The van der Waals surface area contributed by atoms with E-state index < -0.39 is 0 Å². The van der Waals surface area contributed by atoms with Crippen LogP contribution in [0.3, 0.4) is 0 Å². The largest absolute Gasteiger partial charge is 0.351 e. The smallest absolute Gasteiger partial charge is 0.252 e. The second-order valence-electron chi connectivity index (χ2n) is 5.42. The van der Waals surface area contributed by atoms with Gasteiger partial charge < -0.3 is 5.32 Å². The fourth-order valence-electron chi connectivity index (χ4n) is 2.03. The first-order chi connectivity index (χ1) is 13.9. The van der Waals surface area contributed by atoms with Gasteiger partial charge in [0.25, 0.3) is 5.91 Å². The fourth-order valence-corrected chi connectivity index (χ4v) is 4.27. The molecule has 3 aromatic rings. The molecule has 0 bridgehead atoms. The van der Waals surface area contributed by atoms with Gasteiger partial charge in [0, 0.05) is 34.5 Å². The molecular formula is C20H16Cl4N2OS2. The molecule has 0 aliphatic rings. The van der Waals surface area contributed by atoms with Gasteiger partial charge in [-0.1, -0.05) is 70.3 Å². The standard InChI is InChI=1S/C12H6Cl4S.C8H10N2OS/c13-7-3-1-4-8(14)11(7)17-12-9(15)5-2-6-10(12)16;11-8(10-4-5-12)7-2-1-3-9-6-7/h1-6H;1-3,6,12H,4-5H2,(H,10,11). The number of hydrogen-bond donors (Lipinski definition) is 2. The maximum Gasteiger partial charge on any atom is 0.252 e. The molecule has 1 heterocycles. The zero-order valence-electron chi connectivity index (χ0n) is 14.9. The summed E-state index contributed by atoms with van der Waals surface area (Å²) in [4.78, 5) is 16.6. The summed E-state index contributed by atoms with van der Waals surface area (Å²) >= 11 is 29.7. The second-order valence-corrected chi connectivity index (χ2v) is 8.52. The summed E-state index contributed by atoms with van der Waals surface area (Å²) in [5, 5.41) is 5.02. The SMILES string of the molecule is Clc1cccc(Cl)c1Sc1c(Cl)cccc1Cl.O=C(NCCS)c1cccnc1. The van der Waals surface area contributed by atoms with Gasteiger partial charge in [-0.3, -0.25) is 9.78 Å². The van der Waals surface area contributed by atoms with Crippen LogP contribution < -0.4 is 5.32 Å². The van der Waals surface area contributed by atoms with E-state index >= 15 is 0 Å². The number of pyridine rings is 1. The summed E-state index contributed by atoms with van der Waals surface area (Å²) in [6.45, 7) is 0.580. The van der Waals surface area contributed by atoms with Gasteiger partial charge in [-0.05, 0) is 36.4 Å². The predicted molar refractivity (Wildman–Crippen MR) is 127 cm³/mol. The first kappa shape index (κ1) is 24.2. The third-order valence-corrected chi connectivity index (χ3v) is 6.58. The number of aromatic nitrogens is 1. The van der Waals surface area contributed by atoms with E-state index in [9.17, 15) is 4.79 Å². The molecule has 0 unspecified atom stereocenters. The Morgan fingerprint density at radius 1 is 0.897 bits per heavy atom. The van der Waals surface area contributed by atoms with Crippen LogP contribution in [0.1, 0.15) is 10.4 Å². The Bertz CT molecular complexity index is 868. The van der Waals surface area contributed by atoms with E-state index in [2.05, 4.69) is 22.9 Å². The molecule has 3 nitrogen and oxygen atoms in total. The van der Waals surface area contributed by atoms with Crippen molar-refractivity contribution in [3.8, 4) is 0 Å². The molecule has 0 radical (unpaired) electrons. The highest BCUT2D eigenvalue weighted by Gasteiger charge is 2.12. The maximum atomic E-state index is 11.2. The molecule has 0 aliphatic carbocycles. The van der Waals surface area contributed by atoms with E-state index in [4.69, 9.17) is 46.4 Å². The minimum absolute atomic E-state index is 0.0999. The Morgan fingerprint density at radius 2 is 1.41 bits per heavy atom. The highest BCUT2D eigenvalue weighted by atomic mass is 35.5. The minimum atomic E-state index is -0.0999. The van der Waals surface area contributed by atoms with Gasteiger partial charge in [0.15, 0.2) is 0 Å². The molecule has 3 rings (SSSR count). The second kappa shape index (κ2) is 12.6. The van der Waals surface area contributed by atoms with Crippen LogP contribution in [0.15, 0.2) is 70.7 Å². The highest BCUT2D eigenvalue weighted by Crippen LogP contribution is 2.43. The van der Waals surface area contributed by atoms with Crippen LogP contribution in [0.5, 0.6) is 0 Å². The number of amides is 1. The summed E-state index contributed by atoms with van der Waals surface area (Å²) in [5.41, 5.74) is 0.583. The third kappa shape index (κ3) is 7.59. The molecule has 9 heteroatoms. The molecule has 1 amide bonds. The summed E-state index contributed by atoms with van der Waals surface area (Å²) < 4.78 is 0. The first-order valence-electron chi connectivity index (χ1n) is 8.29. The molecule has 0 saturated carbocycles. The van der Waals surface area contributed by atoms with Crippen molar-refractivity contribution in [1.82, 2.24) is 10.3 Å². The monoisotopic (exact) mass is 504 g/mol. The summed E-state index contributed by atoms with van der Waals surface area (Å²) in [6, 6.07) is 14.2. The number of carbonyl (C=O) groups is 1. The Labute approximate surface area is 199 Å². The number of hydrogen-bond acceptors (Lipinski definition) is 4. The quantitative estimate of drug-likeness (QED) is 0.360. The molecule has 0 atom stereocenters. The lowest BCUT2D eigenvalue weighted by molar-refractivity contribution is 0.0956. The van der Waals surface area contributed by atoms with E-state index in [1.54, 1.807) is 54.7 Å². The van der Waals surface area contributed by atoms with E-state index in [1.165, 1.54) is 18.0 Å². The van der Waals surface area contributed by atoms with Crippen LogP contribution in [0.4, 0.5) is 0 Å². The van der Waals surface area contributed by atoms with Crippen molar-refractivity contribution in [3.05, 3.63) is 86.6 Å². The Kier molecular flexibility index (Phi) is 10.5. The normalized spacial score (nSPS) is 10.1. The van der Waals surface area contributed by atoms with Gasteiger partial charge >= 0.3 is 0 Å². The average Bonchev–Trinajstić information content (AvgIpc) is 2.72. The number of benzene rings is 2. The van der Waals surface area contributed by atoms with Crippen molar-refractivity contribution in [2.45, 2.75) is 9.79 Å². The van der Waals surface area contributed by atoms with E-state index in [0.29, 0.717) is 38.0 Å². The van der Waals surface area contributed by atoms with Crippen LogP contribution in [0.2, 0.25) is 20.1 Å². The number of nitrogens with zero attached hydrogens (tertiary/aromatic N) is 1. The zero-order valence-corrected chi connectivity index (χ0v) is 19.6. The van der Waals surface area contributed by atoms with Crippen molar-refractivity contribution < 1.29 is 4.79 Å². The van der Waals surface area contributed by atoms with Crippen molar-refractivity contribution in [3.63, 3.8) is 0 Å². The van der Waals surface area contributed by atoms with Gasteiger partial charge in [-0.15, -0.1) is 0 Å².